The van der Waals surface area contributed by atoms with E-state index in [-0.39, 0.29) is 29.9 Å². The lowest BCUT2D eigenvalue weighted by molar-refractivity contribution is -0.145. The Morgan fingerprint density at radius 2 is 1.00 bits per heavy atom. The van der Waals surface area contributed by atoms with Crippen LogP contribution >= 0.6 is 0 Å². The summed E-state index contributed by atoms with van der Waals surface area (Å²) in [7, 11) is 2.23. The Balaban J connectivity index is 2.22. The third-order valence-electron chi connectivity index (χ3n) is 12.7. The molecule has 2 amide bonds. The predicted octanol–water partition coefficient (Wildman–Crippen LogP) is 13.3. The Bertz CT molecular complexity index is 816. The van der Waals surface area contributed by atoms with E-state index in [1.165, 1.54) is 161 Å². The molecule has 1 heterocycles. The fourth-order valence-corrected chi connectivity index (χ4v) is 9.13. The highest BCUT2D eigenvalue weighted by molar-refractivity contribution is 5.88. The molecule has 0 spiro atoms. The van der Waals surface area contributed by atoms with E-state index in [4.69, 9.17) is 0 Å². The van der Waals surface area contributed by atoms with Gasteiger partial charge in [-0.05, 0) is 77.4 Å². The van der Waals surface area contributed by atoms with Crippen molar-refractivity contribution in [3.05, 3.63) is 0 Å². The van der Waals surface area contributed by atoms with Gasteiger partial charge in [-0.25, -0.2) is 0 Å². The first-order valence-corrected chi connectivity index (χ1v) is 23.8. The minimum atomic E-state index is -0.318. The summed E-state index contributed by atoms with van der Waals surface area (Å²) in [4.78, 5) is 34.1. The molecule has 5 heteroatoms. The van der Waals surface area contributed by atoms with E-state index in [1.54, 1.807) is 0 Å². The molecule has 0 aromatic carbocycles. The second kappa shape index (κ2) is 32.2. The van der Waals surface area contributed by atoms with Crippen LogP contribution in [0.2, 0.25) is 0 Å². The first kappa shape index (κ1) is 47.1. The quantitative estimate of drug-likeness (QED) is 0.0554. The zero-order valence-corrected chi connectivity index (χ0v) is 35.7. The van der Waals surface area contributed by atoms with E-state index in [1.807, 2.05) is 0 Å². The van der Waals surface area contributed by atoms with Crippen molar-refractivity contribution < 1.29 is 9.59 Å². The van der Waals surface area contributed by atoms with Crippen LogP contribution in [0.3, 0.4) is 0 Å². The number of nitrogens with one attached hydrogen (secondary N) is 1. The molecule has 0 bridgehead atoms. The molecule has 2 fully saturated rings. The monoisotopic (exact) mass is 730 g/mol. The molecule has 1 atom stereocenters. The average molecular weight is 730 g/mol. The molecule has 0 aromatic rings. The second-order valence-corrected chi connectivity index (χ2v) is 17.5. The van der Waals surface area contributed by atoms with Gasteiger partial charge in [-0.2, -0.15) is 0 Å². The maximum Gasteiger partial charge on any atom is 0.243 e. The molecule has 1 saturated carbocycles. The third kappa shape index (κ3) is 22.3. The number of amides is 2. The van der Waals surface area contributed by atoms with Gasteiger partial charge in [0.15, 0.2) is 0 Å². The maximum atomic E-state index is 14.7. The zero-order valence-electron chi connectivity index (χ0n) is 35.7. The highest BCUT2D eigenvalue weighted by Crippen LogP contribution is 2.30. The largest absolute Gasteiger partial charge is 0.352 e. The minimum Gasteiger partial charge on any atom is -0.352 e. The number of likely N-dealkylation sites (tertiary alicyclic amines) is 1. The summed E-state index contributed by atoms with van der Waals surface area (Å²) in [6, 6.07) is 0.143. The van der Waals surface area contributed by atoms with Crippen LogP contribution in [0, 0.1) is 5.92 Å². The Hall–Kier alpha value is -1.10. The molecular formula is C47H91N3O2. The van der Waals surface area contributed by atoms with Gasteiger partial charge < -0.3 is 15.1 Å². The number of nitrogens with zero attached hydrogens (tertiary/aromatic N) is 2. The molecule has 1 saturated heterocycles. The third-order valence-corrected chi connectivity index (χ3v) is 12.7. The fraction of sp³-hybridized carbons (Fsp3) is 0.957. The van der Waals surface area contributed by atoms with Crippen LogP contribution < -0.4 is 5.32 Å². The summed E-state index contributed by atoms with van der Waals surface area (Å²) in [6.45, 7) is 9.08. The van der Waals surface area contributed by atoms with Crippen LogP contribution in [0.1, 0.15) is 245 Å². The highest BCUT2D eigenvalue weighted by Gasteiger charge is 2.37. The van der Waals surface area contributed by atoms with Crippen LogP contribution in [0.15, 0.2) is 0 Å². The van der Waals surface area contributed by atoms with Gasteiger partial charge in [-0.3, -0.25) is 9.59 Å². The summed E-state index contributed by atoms with van der Waals surface area (Å²) >= 11 is 0. The van der Waals surface area contributed by atoms with Gasteiger partial charge in [0.1, 0.15) is 6.04 Å². The van der Waals surface area contributed by atoms with Crippen LogP contribution in [-0.2, 0) is 9.59 Å². The lowest BCUT2D eigenvalue weighted by Crippen LogP contribution is -2.56. The van der Waals surface area contributed by atoms with Gasteiger partial charge in [-0.15, -0.1) is 0 Å². The van der Waals surface area contributed by atoms with E-state index in [2.05, 4.69) is 42.9 Å². The first-order chi connectivity index (χ1) is 25.5. The van der Waals surface area contributed by atoms with E-state index < -0.39 is 0 Å². The van der Waals surface area contributed by atoms with Gasteiger partial charge >= 0.3 is 0 Å². The molecule has 0 radical (unpaired) electrons. The number of carbonyl (C=O) groups excluding carboxylic acids is 2. The van der Waals surface area contributed by atoms with Crippen molar-refractivity contribution in [1.29, 1.82) is 0 Å². The first-order valence-electron chi connectivity index (χ1n) is 23.8. The van der Waals surface area contributed by atoms with Crippen molar-refractivity contribution in [3.8, 4) is 0 Å². The van der Waals surface area contributed by atoms with Crippen LogP contribution in [0.25, 0.3) is 0 Å². The van der Waals surface area contributed by atoms with Gasteiger partial charge in [-0.1, -0.05) is 188 Å². The van der Waals surface area contributed by atoms with Gasteiger partial charge in [0.25, 0.3) is 0 Å². The molecule has 1 aliphatic heterocycles. The Morgan fingerprint density at radius 3 is 1.46 bits per heavy atom. The van der Waals surface area contributed by atoms with E-state index in [9.17, 15) is 9.59 Å². The fourth-order valence-electron chi connectivity index (χ4n) is 9.13. The Morgan fingerprint density at radius 1 is 0.577 bits per heavy atom. The molecule has 5 nitrogen and oxygen atoms in total. The van der Waals surface area contributed by atoms with Crippen molar-refractivity contribution in [2.24, 2.45) is 5.92 Å². The van der Waals surface area contributed by atoms with Crippen LogP contribution in [-0.4, -0.2) is 59.9 Å². The molecule has 52 heavy (non-hydrogen) atoms. The van der Waals surface area contributed by atoms with Gasteiger partial charge in [0.05, 0.1) is 0 Å². The van der Waals surface area contributed by atoms with Crippen LogP contribution in [0.5, 0.6) is 0 Å². The molecule has 2 aliphatic rings. The molecule has 2 rings (SSSR count). The molecule has 1 N–H and O–H groups in total. The Labute approximate surface area is 325 Å². The lowest BCUT2D eigenvalue weighted by Gasteiger charge is -2.41. The summed E-state index contributed by atoms with van der Waals surface area (Å²) in [6.07, 6.45) is 42.6. The standard InChI is InChI=1S/C47H91N3O2/c1-5-8-11-14-17-18-19-20-21-24-31-36-46(51)50(44(34-29-22-15-12-9-6-2)35-30-23-16-13-10-7-3)45(41-42-37-39-49(4)40-38-42)47(52)48-43-32-27-25-26-28-33-43/h42-45H,5-41H2,1-4H3,(H,48,52). The number of hydrogen-bond donors (Lipinski definition) is 1. The highest BCUT2D eigenvalue weighted by atomic mass is 16.2. The van der Waals surface area contributed by atoms with E-state index >= 15 is 0 Å². The van der Waals surface area contributed by atoms with E-state index in [0.29, 0.717) is 12.3 Å². The number of hydrogen-bond acceptors (Lipinski definition) is 3. The van der Waals surface area contributed by atoms with Crippen molar-refractivity contribution in [3.63, 3.8) is 0 Å². The minimum absolute atomic E-state index is 0.175. The van der Waals surface area contributed by atoms with Crippen molar-refractivity contribution in [2.75, 3.05) is 20.1 Å². The van der Waals surface area contributed by atoms with Gasteiger partial charge in [0, 0.05) is 18.5 Å². The predicted molar refractivity (Wildman–Crippen MR) is 226 cm³/mol. The smallest absolute Gasteiger partial charge is 0.243 e. The number of piperidine rings is 1. The summed E-state index contributed by atoms with van der Waals surface area (Å²) in [5.41, 5.74) is 0. The molecule has 0 aromatic heterocycles. The van der Waals surface area contributed by atoms with Gasteiger partial charge in [0.2, 0.25) is 11.8 Å². The maximum absolute atomic E-state index is 14.7. The molecule has 1 aliphatic carbocycles. The van der Waals surface area contributed by atoms with Crippen LogP contribution in [0.4, 0.5) is 0 Å². The topological polar surface area (TPSA) is 52.7 Å². The van der Waals surface area contributed by atoms with Crippen molar-refractivity contribution >= 4 is 11.8 Å². The summed E-state index contributed by atoms with van der Waals surface area (Å²) in [5, 5.41) is 3.60. The number of rotatable bonds is 32. The Kier molecular flexibility index (Phi) is 29.1. The molecule has 1 unspecified atom stereocenters. The second-order valence-electron chi connectivity index (χ2n) is 17.5. The van der Waals surface area contributed by atoms with E-state index in [0.717, 1.165) is 70.9 Å². The van der Waals surface area contributed by atoms with Crippen molar-refractivity contribution in [2.45, 2.75) is 264 Å². The molecular weight excluding hydrogens is 639 g/mol. The summed E-state index contributed by atoms with van der Waals surface area (Å²) < 4.78 is 0. The lowest BCUT2D eigenvalue weighted by atomic mass is 9.87. The van der Waals surface area contributed by atoms with Crippen molar-refractivity contribution in [1.82, 2.24) is 15.1 Å². The average Bonchev–Trinajstić information content (AvgIpc) is 3.42. The SMILES string of the molecule is CCCCCCCCCCCCCC(=O)N(C(CCCCCCCC)CCCCCCCC)C(CC1CCN(C)CC1)C(=O)NC1CCCCCC1. The number of unbranched alkanes of at least 4 members (excludes halogenated alkanes) is 20. The normalized spacial score (nSPS) is 17.0. The molecule has 306 valence electrons. The number of carbonyl (C=O) groups is 2. The zero-order chi connectivity index (χ0) is 37.5. The summed E-state index contributed by atoms with van der Waals surface area (Å²) in [5.74, 6) is 0.975.